The maximum Gasteiger partial charge on any atom is 0.409 e. The standard InChI is InChI=1S/C20H27N3O5/c1-3-28-20(26)23-10-8-13(9-11-23)21-18(24)14-12-15(14)19(25)22-16-6-4-5-7-17(16)27-2/h4-7,13-15H,3,8-12H2,1-2H3,(H,21,24)(H,22,25). The first-order valence-electron chi connectivity index (χ1n) is 9.69. The monoisotopic (exact) mass is 389 g/mol. The van der Waals surface area contributed by atoms with Crippen LogP contribution < -0.4 is 15.4 Å². The van der Waals surface area contributed by atoms with Crippen LogP contribution in [0.3, 0.4) is 0 Å². The van der Waals surface area contributed by atoms with E-state index >= 15 is 0 Å². The molecular formula is C20H27N3O5. The molecule has 0 radical (unpaired) electrons. The number of hydrogen-bond donors (Lipinski definition) is 2. The fourth-order valence-corrected chi connectivity index (χ4v) is 3.48. The number of methoxy groups -OCH3 is 1. The van der Waals surface area contributed by atoms with Crippen LogP contribution >= 0.6 is 0 Å². The van der Waals surface area contributed by atoms with Crippen molar-refractivity contribution in [2.45, 2.75) is 32.2 Å². The molecule has 1 heterocycles. The largest absolute Gasteiger partial charge is 0.495 e. The summed E-state index contributed by atoms with van der Waals surface area (Å²) in [6, 6.07) is 7.21. The van der Waals surface area contributed by atoms with Crippen molar-refractivity contribution in [2.24, 2.45) is 11.8 Å². The summed E-state index contributed by atoms with van der Waals surface area (Å²) >= 11 is 0. The summed E-state index contributed by atoms with van der Waals surface area (Å²) in [6.45, 7) is 3.26. The molecule has 2 N–H and O–H groups in total. The number of nitrogens with one attached hydrogen (secondary N) is 2. The van der Waals surface area contributed by atoms with E-state index < -0.39 is 0 Å². The molecule has 1 saturated heterocycles. The zero-order valence-corrected chi connectivity index (χ0v) is 16.3. The lowest BCUT2D eigenvalue weighted by atomic mass is 10.1. The smallest absolute Gasteiger partial charge is 0.409 e. The Balaban J connectivity index is 1.43. The van der Waals surface area contributed by atoms with Gasteiger partial charge >= 0.3 is 6.09 Å². The molecule has 3 amide bonds. The van der Waals surface area contributed by atoms with Crippen LogP contribution in [0.1, 0.15) is 26.2 Å². The highest BCUT2D eigenvalue weighted by atomic mass is 16.6. The molecule has 3 rings (SSSR count). The molecule has 2 atom stereocenters. The van der Waals surface area contributed by atoms with Gasteiger partial charge in [0.25, 0.3) is 0 Å². The fourth-order valence-electron chi connectivity index (χ4n) is 3.48. The second-order valence-electron chi connectivity index (χ2n) is 7.11. The zero-order valence-electron chi connectivity index (χ0n) is 16.3. The SMILES string of the molecule is CCOC(=O)N1CCC(NC(=O)C2CC2C(=O)Nc2ccccc2OC)CC1. The van der Waals surface area contributed by atoms with Crippen LogP contribution in [0.25, 0.3) is 0 Å². The normalized spacial score (nSPS) is 21.6. The molecule has 0 bridgehead atoms. The van der Waals surface area contributed by atoms with Crippen molar-refractivity contribution in [2.75, 3.05) is 32.1 Å². The number of likely N-dealkylation sites (tertiary alicyclic amines) is 1. The van der Waals surface area contributed by atoms with E-state index in [-0.39, 0.29) is 35.8 Å². The van der Waals surface area contributed by atoms with Crippen LogP contribution in [0.4, 0.5) is 10.5 Å². The Hall–Kier alpha value is -2.77. The van der Waals surface area contributed by atoms with E-state index in [1.165, 1.54) is 0 Å². The summed E-state index contributed by atoms with van der Waals surface area (Å²) in [7, 11) is 1.55. The third-order valence-corrected chi connectivity index (χ3v) is 5.20. The van der Waals surface area contributed by atoms with Gasteiger partial charge in [-0.3, -0.25) is 9.59 Å². The van der Waals surface area contributed by atoms with E-state index in [1.807, 2.05) is 12.1 Å². The molecular weight excluding hydrogens is 362 g/mol. The molecule has 0 aromatic heterocycles. The molecule has 1 aliphatic carbocycles. The summed E-state index contributed by atoms with van der Waals surface area (Å²) in [4.78, 5) is 38.3. The lowest BCUT2D eigenvalue weighted by Crippen LogP contribution is -2.47. The number of amides is 3. The second-order valence-corrected chi connectivity index (χ2v) is 7.11. The molecule has 8 heteroatoms. The molecule has 0 spiro atoms. The molecule has 8 nitrogen and oxygen atoms in total. The molecule has 2 fully saturated rings. The number of rotatable bonds is 6. The average molecular weight is 389 g/mol. The number of anilines is 1. The molecule has 1 aliphatic heterocycles. The van der Waals surface area contributed by atoms with Crippen LogP contribution in [0, 0.1) is 11.8 Å². The molecule has 1 aromatic carbocycles. The predicted molar refractivity (Wildman–Crippen MR) is 103 cm³/mol. The number of ether oxygens (including phenoxy) is 2. The molecule has 28 heavy (non-hydrogen) atoms. The fraction of sp³-hybridized carbons (Fsp3) is 0.550. The Kier molecular flexibility index (Phi) is 6.38. The minimum absolute atomic E-state index is 0.0247. The van der Waals surface area contributed by atoms with E-state index in [4.69, 9.17) is 9.47 Å². The number of nitrogens with zero attached hydrogens (tertiary/aromatic N) is 1. The maximum atomic E-state index is 12.5. The minimum atomic E-state index is -0.315. The van der Waals surface area contributed by atoms with Gasteiger partial charge in [0.15, 0.2) is 0 Å². The van der Waals surface area contributed by atoms with Crippen LogP contribution in [0.2, 0.25) is 0 Å². The Morgan fingerprint density at radius 1 is 1.11 bits per heavy atom. The van der Waals surface area contributed by atoms with Crippen molar-refractivity contribution in [1.82, 2.24) is 10.2 Å². The lowest BCUT2D eigenvalue weighted by Gasteiger charge is -2.31. The number of hydrogen-bond acceptors (Lipinski definition) is 5. The Morgan fingerprint density at radius 3 is 2.46 bits per heavy atom. The number of benzene rings is 1. The summed E-state index contributed by atoms with van der Waals surface area (Å²) < 4.78 is 10.2. The summed E-state index contributed by atoms with van der Waals surface area (Å²) in [6.07, 6.45) is 1.63. The van der Waals surface area contributed by atoms with Crippen molar-refractivity contribution in [3.63, 3.8) is 0 Å². The van der Waals surface area contributed by atoms with Crippen molar-refractivity contribution in [3.8, 4) is 5.75 Å². The van der Waals surface area contributed by atoms with Crippen LogP contribution in [-0.4, -0.2) is 55.7 Å². The molecule has 2 aliphatic rings. The van der Waals surface area contributed by atoms with Gasteiger partial charge in [0.2, 0.25) is 11.8 Å². The first kappa shape index (κ1) is 20.0. The maximum absolute atomic E-state index is 12.5. The number of carbonyl (C=O) groups excluding carboxylic acids is 3. The van der Waals surface area contributed by atoms with E-state index in [9.17, 15) is 14.4 Å². The zero-order chi connectivity index (χ0) is 20.1. The van der Waals surface area contributed by atoms with Gasteiger partial charge in [-0.1, -0.05) is 12.1 Å². The van der Waals surface area contributed by atoms with Crippen molar-refractivity contribution >= 4 is 23.6 Å². The first-order valence-corrected chi connectivity index (χ1v) is 9.69. The van der Waals surface area contributed by atoms with Crippen molar-refractivity contribution in [3.05, 3.63) is 24.3 Å². The summed E-state index contributed by atoms with van der Waals surface area (Å²) in [5.74, 6) is -0.273. The Morgan fingerprint density at radius 2 is 1.79 bits per heavy atom. The predicted octanol–water partition coefficient (Wildman–Crippen LogP) is 2.01. The van der Waals surface area contributed by atoms with Gasteiger partial charge in [-0.2, -0.15) is 0 Å². The van der Waals surface area contributed by atoms with E-state index in [0.717, 1.165) is 0 Å². The van der Waals surface area contributed by atoms with E-state index in [0.29, 0.717) is 50.4 Å². The minimum Gasteiger partial charge on any atom is -0.495 e. The van der Waals surface area contributed by atoms with Gasteiger partial charge < -0.3 is 25.0 Å². The van der Waals surface area contributed by atoms with E-state index in [2.05, 4.69) is 10.6 Å². The Bertz CT molecular complexity index is 730. The van der Waals surface area contributed by atoms with Gasteiger partial charge in [-0.05, 0) is 38.3 Å². The molecule has 1 saturated carbocycles. The van der Waals surface area contributed by atoms with Gasteiger partial charge in [0, 0.05) is 19.1 Å². The average Bonchev–Trinajstić information content (AvgIpc) is 3.50. The van der Waals surface area contributed by atoms with Crippen LogP contribution in [0.5, 0.6) is 5.75 Å². The topological polar surface area (TPSA) is 97.0 Å². The van der Waals surface area contributed by atoms with Crippen LogP contribution in [0.15, 0.2) is 24.3 Å². The quantitative estimate of drug-likeness (QED) is 0.776. The number of para-hydroxylation sites is 2. The van der Waals surface area contributed by atoms with Crippen molar-refractivity contribution in [1.29, 1.82) is 0 Å². The highest BCUT2D eigenvalue weighted by molar-refractivity contribution is 6.00. The lowest BCUT2D eigenvalue weighted by molar-refractivity contribution is -0.126. The molecule has 1 aromatic rings. The van der Waals surface area contributed by atoms with Gasteiger partial charge in [0.05, 0.1) is 31.2 Å². The second kappa shape index (κ2) is 8.95. The van der Waals surface area contributed by atoms with Gasteiger partial charge in [0.1, 0.15) is 5.75 Å². The van der Waals surface area contributed by atoms with Crippen molar-refractivity contribution < 1.29 is 23.9 Å². The third kappa shape index (κ3) is 4.74. The number of piperidine rings is 1. The highest BCUT2D eigenvalue weighted by Gasteiger charge is 2.48. The van der Waals surface area contributed by atoms with Crippen LogP contribution in [-0.2, 0) is 14.3 Å². The van der Waals surface area contributed by atoms with Gasteiger partial charge in [-0.15, -0.1) is 0 Å². The highest BCUT2D eigenvalue weighted by Crippen LogP contribution is 2.40. The summed E-state index contributed by atoms with van der Waals surface area (Å²) in [5, 5.41) is 5.86. The summed E-state index contributed by atoms with van der Waals surface area (Å²) in [5.41, 5.74) is 0.604. The molecule has 152 valence electrons. The first-order chi connectivity index (χ1) is 13.5. The molecule has 2 unspecified atom stereocenters. The Labute approximate surface area is 164 Å². The van der Waals surface area contributed by atoms with E-state index in [1.54, 1.807) is 31.1 Å². The number of carbonyl (C=O) groups is 3. The van der Waals surface area contributed by atoms with Gasteiger partial charge in [-0.25, -0.2) is 4.79 Å². The third-order valence-electron chi connectivity index (χ3n) is 5.20.